The molecule has 0 atom stereocenters. The molecule has 2 aromatic heterocycles. The lowest BCUT2D eigenvalue weighted by Gasteiger charge is -2.30. The lowest BCUT2D eigenvalue weighted by atomic mass is 9.96. The van der Waals surface area contributed by atoms with Crippen molar-refractivity contribution in [3.63, 3.8) is 0 Å². The fraction of sp³-hybridized carbons (Fsp3) is 0.333. The molecule has 0 radical (unpaired) electrons. The van der Waals surface area contributed by atoms with Crippen LogP contribution in [0.3, 0.4) is 0 Å². The van der Waals surface area contributed by atoms with Crippen LogP contribution in [0.15, 0.2) is 45.4 Å². The molecule has 0 aliphatic carbocycles. The van der Waals surface area contributed by atoms with E-state index in [9.17, 15) is 14.9 Å². The van der Waals surface area contributed by atoms with E-state index in [0.29, 0.717) is 43.3 Å². The summed E-state index contributed by atoms with van der Waals surface area (Å²) in [6, 6.07) is 11.2. The normalized spacial score (nSPS) is 13.9. The first-order valence-electron chi connectivity index (χ1n) is 10.9. The number of hydrogen-bond donors (Lipinski definition) is 2. The van der Waals surface area contributed by atoms with E-state index in [2.05, 4.69) is 15.8 Å². The first-order chi connectivity index (χ1) is 16.4. The number of ether oxygens (including phenoxy) is 1. The number of anilines is 1. The van der Waals surface area contributed by atoms with Gasteiger partial charge >= 0.3 is 0 Å². The maximum Gasteiger partial charge on any atom is 0.276 e. The molecule has 2 N–H and O–H groups in total. The van der Waals surface area contributed by atoms with Gasteiger partial charge in [0.1, 0.15) is 11.8 Å². The number of rotatable bonds is 6. The van der Waals surface area contributed by atoms with Crippen LogP contribution < -0.4 is 20.5 Å². The van der Waals surface area contributed by atoms with Gasteiger partial charge in [-0.1, -0.05) is 12.1 Å². The summed E-state index contributed by atoms with van der Waals surface area (Å²) in [4.78, 5) is 30.7. The van der Waals surface area contributed by atoms with Crippen molar-refractivity contribution in [1.29, 1.82) is 5.26 Å². The third-order valence-corrected chi connectivity index (χ3v) is 5.63. The molecular weight excluding hydrogens is 438 g/mol. The number of benzene rings is 1. The van der Waals surface area contributed by atoms with E-state index in [1.807, 2.05) is 43.0 Å². The third kappa shape index (κ3) is 5.20. The van der Waals surface area contributed by atoms with Crippen molar-refractivity contribution in [1.82, 2.24) is 15.8 Å². The van der Waals surface area contributed by atoms with Gasteiger partial charge in [-0.2, -0.15) is 10.2 Å². The summed E-state index contributed by atoms with van der Waals surface area (Å²) in [6.07, 6.45) is 2.56. The minimum absolute atomic E-state index is 0.172. The van der Waals surface area contributed by atoms with Gasteiger partial charge in [0.15, 0.2) is 12.4 Å². The number of hydrogen-bond acceptors (Lipinski definition) is 8. The molecule has 4 rings (SSSR count). The Morgan fingerprint density at radius 2 is 2.03 bits per heavy atom. The Morgan fingerprint density at radius 1 is 1.24 bits per heavy atom. The van der Waals surface area contributed by atoms with Crippen molar-refractivity contribution in [2.24, 2.45) is 5.92 Å². The van der Waals surface area contributed by atoms with Crippen LogP contribution in [-0.2, 0) is 9.59 Å². The first kappa shape index (κ1) is 22.9. The van der Waals surface area contributed by atoms with Gasteiger partial charge in [-0.15, -0.1) is 0 Å². The monoisotopic (exact) mass is 463 g/mol. The zero-order valence-electron chi connectivity index (χ0n) is 19.0. The number of furan rings is 1. The molecule has 10 heteroatoms. The number of carbonyl (C=O) groups is 2. The Bertz CT molecular complexity index is 1200. The number of aromatic nitrogens is 1. The van der Waals surface area contributed by atoms with Crippen LogP contribution in [0.25, 0.3) is 11.7 Å². The predicted molar refractivity (Wildman–Crippen MR) is 122 cm³/mol. The summed E-state index contributed by atoms with van der Waals surface area (Å²) >= 11 is 0. The average Bonchev–Trinajstić information content (AvgIpc) is 3.53. The number of carbonyl (C=O) groups excluding carboxylic acids is 2. The molecule has 2 amide bonds. The summed E-state index contributed by atoms with van der Waals surface area (Å²) < 4.78 is 16.6. The molecule has 176 valence electrons. The maximum atomic E-state index is 12.5. The fourth-order valence-corrected chi connectivity index (χ4v) is 3.73. The van der Waals surface area contributed by atoms with Crippen molar-refractivity contribution in [2.45, 2.75) is 26.7 Å². The molecule has 1 aromatic carbocycles. The number of piperidine rings is 1. The molecule has 1 fully saturated rings. The van der Waals surface area contributed by atoms with Crippen LogP contribution in [-0.4, -0.2) is 36.5 Å². The van der Waals surface area contributed by atoms with E-state index in [1.54, 1.807) is 12.1 Å². The van der Waals surface area contributed by atoms with Crippen LogP contribution >= 0.6 is 0 Å². The number of nitrogens with zero attached hydrogens (tertiary/aromatic N) is 3. The second-order valence-corrected chi connectivity index (χ2v) is 8.12. The first-order valence-corrected chi connectivity index (χ1v) is 10.9. The minimum Gasteiger partial charge on any atom is -0.483 e. The molecule has 0 spiro atoms. The van der Waals surface area contributed by atoms with Crippen LogP contribution in [0.1, 0.15) is 29.7 Å². The van der Waals surface area contributed by atoms with Gasteiger partial charge in [0.25, 0.3) is 11.8 Å². The molecule has 3 aromatic rings. The van der Waals surface area contributed by atoms with E-state index >= 15 is 0 Å². The Labute approximate surface area is 196 Å². The van der Waals surface area contributed by atoms with Crippen LogP contribution in [0.4, 0.5) is 5.88 Å². The highest BCUT2D eigenvalue weighted by Gasteiger charge is 2.29. The van der Waals surface area contributed by atoms with Crippen molar-refractivity contribution >= 4 is 17.7 Å². The van der Waals surface area contributed by atoms with Gasteiger partial charge in [-0.3, -0.25) is 20.4 Å². The number of hydrazine groups is 1. The van der Waals surface area contributed by atoms with E-state index < -0.39 is 5.91 Å². The van der Waals surface area contributed by atoms with Crippen molar-refractivity contribution < 1.29 is 23.2 Å². The number of amides is 2. The Kier molecular flexibility index (Phi) is 6.82. The van der Waals surface area contributed by atoms with Gasteiger partial charge in [0, 0.05) is 19.0 Å². The van der Waals surface area contributed by atoms with E-state index in [4.69, 9.17) is 13.6 Å². The second-order valence-electron chi connectivity index (χ2n) is 8.12. The van der Waals surface area contributed by atoms with Crippen molar-refractivity contribution in [3.05, 3.63) is 53.4 Å². The topological polar surface area (TPSA) is 134 Å². The van der Waals surface area contributed by atoms with Gasteiger partial charge in [0.05, 0.1) is 6.26 Å². The van der Waals surface area contributed by atoms with Crippen LogP contribution in [0.5, 0.6) is 5.75 Å². The molecule has 34 heavy (non-hydrogen) atoms. The Morgan fingerprint density at radius 3 is 2.74 bits per heavy atom. The molecule has 0 saturated carbocycles. The van der Waals surface area contributed by atoms with E-state index in [0.717, 1.165) is 11.1 Å². The zero-order valence-corrected chi connectivity index (χ0v) is 19.0. The lowest BCUT2D eigenvalue weighted by molar-refractivity contribution is -0.132. The predicted octanol–water partition coefficient (Wildman–Crippen LogP) is 2.87. The number of aryl methyl sites for hydroxylation is 2. The van der Waals surface area contributed by atoms with Gasteiger partial charge in [-0.25, -0.2) is 0 Å². The third-order valence-electron chi connectivity index (χ3n) is 5.63. The Balaban J connectivity index is 1.25. The molecule has 10 nitrogen and oxygen atoms in total. The smallest absolute Gasteiger partial charge is 0.276 e. The minimum atomic E-state index is -0.447. The molecule has 0 bridgehead atoms. The summed E-state index contributed by atoms with van der Waals surface area (Å²) in [7, 11) is 0. The molecule has 1 saturated heterocycles. The van der Waals surface area contributed by atoms with E-state index in [1.165, 1.54) is 6.26 Å². The standard InChI is InChI=1S/C24H25N5O5/c1-15-5-6-16(2)20(12-15)33-14-21(30)27-28-22(31)17-7-9-29(10-8-17)24-18(13-25)26-23(34-24)19-4-3-11-32-19/h3-6,11-12,17H,7-10,14H2,1-2H3,(H,27,30)(H,28,31). The van der Waals surface area contributed by atoms with Crippen molar-refractivity contribution in [3.8, 4) is 23.5 Å². The quantitative estimate of drug-likeness (QED) is 0.533. The van der Waals surface area contributed by atoms with Gasteiger partial charge in [-0.05, 0) is 56.0 Å². The largest absolute Gasteiger partial charge is 0.483 e. The van der Waals surface area contributed by atoms with Gasteiger partial charge < -0.3 is 18.5 Å². The maximum absolute atomic E-state index is 12.5. The summed E-state index contributed by atoms with van der Waals surface area (Å²) in [6.45, 7) is 4.65. The molecule has 1 aliphatic rings. The molecule has 0 unspecified atom stereocenters. The summed E-state index contributed by atoms with van der Waals surface area (Å²) in [5, 5.41) is 9.42. The van der Waals surface area contributed by atoms with Crippen molar-refractivity contribution in [2.75, 3.05) is 24.6 Å². The summed E-state index contributed by atoms with van der Waals surface area (Å²) in [5.41, 5.74) is 7.01. The highest BCUT2D eigenvalue weighted by molar-refractivity contribution is 5.84. The summed E-state index contributed by atoms with van der Waals surface area (Å²) in [5.74, 6) is 0.676. The number of nitrogens with one attached hydrogen (secondary N) is 2. The second kappa shape index (κ2) is 10.1. The molecule has 3 heterocycles. The highest BCUT2D eigenvalue weighted by atomic mass is 16.5. The highest BCUT2D eigenvalue weighted by Crippen LogP contribution is 2.31. The Hall–Kier alpha value is -4.26. The zero-order chi connectivity index (χ0) is 24.1. The van der Waals surface area contributed by atoms with Gasteiger partial charge in [0.2, 0.25) is 17.5 Å². The number of nitriles is 1. The lowest BCUT2D eigenvalue weighted by Crippen LogP contribution is -2.48. The average molecular weight is 463 g/mol. The fourth-order valence-electron chi connectivity index (χ4n) is 3.73. The molecule has 1 aliphatic heterocycles. The number of oxazole rings is 1. The molecular formula is C24H25N5O5. The van der Waals surface area contributed by atoms with Crippen LogP contribution in [0, 0.1) is 31.1 Å². The van der Waals surface area contributed by atoms with Crippen LogP contribution in [0.2, 0.25) is 0 Å². The SMILES string of the molecule is Cc1ccc(C)c(OCC(=O)NNC(=O)C2CCN(c3oc(-c4ccco4)nc3C#N)CC2)c1. The van der Waals surface area contributed by atoms with E-state index in [-0.39, 0.29) is 30.0 Å².